The van der Waals surface area contributed by atoms with Crippen molar-refractivity contribution < 1.29 is 4.42 Å². The minimum absolute atomic E-state index is 0.449. The first kappa shape index (κ1) is 14.1. The number of unbranched alkanes of at least 4 members (excludes halogenated alkanes) is 2. The van der Waals surface area contributed by atoms with Crippen molar-refractivity contribution in [3.8, 4) is 0 Å². The number of piperazine rings is 1. The summed E-state index contributed by atoms with van der Waals surface area (Å²) in [5.74, 6) is 1.11. The summed E-state index contributed by atoms with van der Waals surface area (Å²) in [7, 11) is 0. The van der Waals surface area contributed by atoms with Gasteiger partial charge < -0.3 is 9.73 Å². The van der Waals surface area contributed by atoms with Gasteiger partial charge in [-0.05, 0) is 34.5 Å². The lowest BCUT2D eigenvalue weighted by molar-refractivity contribution is 0.143. The van der Waals surface area contributed by atoms with E-state index in [4.69, 9.17) is 4.42 Å². The van der Waals surface area contributed by atoms with Crippen molar-refractivity contribution in [2.75, 3.05) is 26.2 Å². The van der Waals surface area contributed by atoms with Crippen molar-refractivity contribution in [1.82, 2.24) is 10.2 Å². The Morgan fingerprint density at radius 3 is 2.72 bits per heavy atom. The van der Waals surface area contributed by atoms with Crippen LogP contribution in [0.15, 0.2) is 21.2 Å². The van der Waals surface area contributed by atoms with Crippen molar-refractivity contribution in [1.29, 1.82) is 0 Å². The fourth-order valence-corrected chi connectivity index (χ4v) is 2.91. The number of nitrogens with zero attached hydrogens (tertiary/aromatic N) is 1. The van der Waals surface area contributed by atoms with E-state index < -0.39 is 0 Å². The zero-order chi connectivity index (χ0) is 12.8. The molecule has 3 nitrogen and oxygen atoms in total. The molecule has 2 rings (SSSR count). The van der Waals surface area contributed by atoms with Gasteiger partial charge in [0.1, 0.15) is 5.76 Å². The number of hydrogen-bond acceptors (Lipinski definition) is 3. The minimum Gasteiger partial charge on any atom is -0.453 e. The van der Waals surface area contributed by atoms with Crippen LogP contribution in [0.3, 0.4) is 0 Å². The Morgan fingerprint density at radius 1 is 1.33 bits per heavy atom. The van der Waals surface area contributed by atoms with E-state index in [0.29, 0.717) is 6.04 Å². The van der Waals surface area contributed by atoms with Gasteiger partial charge in [-0.2, -0.15) is 0 Å². The molecule has 1 fully saturated rings. The first-order valence-corrected chi connectivity index (χ1v) is 7.80. The second-order valence-corrected chi connectivity index (χ2v) is 5.72. The Labute approximate surface area is 118 Å². The van der Waals surface area contributed by atoms with Gasteiger partial charge in [0.05, 0.1) is 6.04 Å². The van der Waals surface area contributed by atoms with E-state index in [1.165, 1.54) is 25.7 Å². The van der Waals surface area contributed by atoms with Crippen LogP contribution in [0.1, 0.15) is 44.4 Å². The summed E-state index contributed by atoms with van der Waals surface area (Å²) < 4.78 is 6.63. The maximum absolute atomic E-state index is 5.78. The normalized spacial score (nSPS) is 19.0. The molecule has 1 aliphatic heterocycles. The number of halogens is 1. The highest BCUT2D eigenvalue weighted by atomic mass is 79.9. The lowest BCUT2D eigenvalue weighted by Crippen LogP contribution is -2.45. The molecule has 102 valence electrons. The molecule has 0 unspecified atom stereocenters. The Morgan fingerprint density at radius 2 is 2.11 bits per heavy atom. The van der Waals surface area contributed by atoms with Crippen LogP contribution >= 0.6 is 15.9 Å². The van der Waals surface area contributed by atoms with Crippen LogP contribution < -0.4 is 5.32 Å². The average molecular weight is 315 g/mol. The molecule has 0 saturated carbocycles. The summed E-state index contributed by atoms with van der Waals surface area (Å²) in [6.07, 6.45) is 5.07. The molecule has 0 aromatic carbocycles. The van der Waals surface area contributed by atoms with E-state index in [1.807, 2.05) is 6.07 Å². The largest absolute Gasteiger partial charge is 0.453 e. The van der Waals surface area contributed by atoms with E-state index >= 15 is 0 Å². The van der Waals surface area contributed by atoms with E-state index in [2.05, 4.69) is 39.1 Å². The average Bonchev–Trinajstić information content (AvgIpc) is 2.82. The topological polar surface area (TPSA) is 28.4 Å². The predicted octanol–water partition coefficient (Wildman–Crippen LogP) is 3.57. The van der Waals surface area contributed by atoms with Crippen molar-refractivity contribution in [2.24, 2.45) is 0 Å². The molecule has 1 saturated heterocycles. The zero-order valence-electron chi connectivity index (χ0n) is 11.1. The number of hydrogen-bond donors (Lipinski definition) is 1. The van der Waals surface area contributed by atoms with Crippen LogP contribution in [0.25, 0.3) is 0 Å². The maximum atomic E-state index is 5.78. The SMILES string of the molecule is CCCCC[C@@H](c1ccc(Br)o1)N1CCNCC1. The van der Waals surface area contributed by atoms with E-state index in [1.54, 1.807) is 0 Å². The maximum Gasteiger partial charge on any atom is 0.169 e. The summed E-state index contributed by atoms with van der Waals surface area (Å²) in [6, 6.07) is 4.57. The third-order valence-corrected chi connectivity index (χ3v) is 4.02. The van der Waals surface area contributed by atoms with E-state index in [0.717, 1.165) is 36.6 Å². The second kappa shape index (κ2) is 7.31. The first-order chi connectivity index (χ1) is 8.81. The van der Waals surface area contributed by atoms with Gasteiger partial charge in [0.25, 0.3) is 0 Å². The molecular weight excluding hydrogens is 292 g/mol. The molecule has 0 bridgehead atoms. The van der Waals surface area contributed by atoms with Crippen LogP contribution in [0.4, 0.5) is 0 Å². The standard InChI is InChI=1S/C14H23BrN2O/c1-2-3-4-5-12(13-6-7-14(15)18-13)17-10-8-16-9-11-17/h6-7,12,16H,2-5,8-11H2,1H3/t12-/m0/s1. The smallest absolute Gasteiger partial charge is 0.169 e. The van der Waals surface area contributed by atoms with Crippen LogP contribution in [-0.2, 0) is 0 Å². The summed E-state index contributed by atoms with van der Waals surface area (Å²) in [4.78, 5) is 2.55. The lowest BCUT2D eigenvalue weighted by atomic mass is 10.0. The molecule has 0 aliphatic carbocycles. The predicted molar refractivity (Wildman–Crippen MR) is 77.7 cm³/mol. The van der Waals surface area contributed by atoms with Crippen molar-refractivity contribution >= 4 is 15.9 Å². The van der Waals surface area contributed by atoms with Gasteiger partial charge in [-0.25, -0.2) is 0 Å². The third-order valence-electron chi connectivity index (χ3n) is 3.60. The van der Waals surface area contributed by atoms with Gasteiger partial charge in [0, 0.05) is 26.2 Å². The molecule has 18 heavy (non-hydrogen) atoms. The molecule has 4 heteroatoms. The molecule has 0 amide bonds. The van der Waals surface area contributed by atoms with Crippen LogP contribution in [0.2, 0.25) is 0 Å². The van der Waals surface area contributed by atoms with Crippen LogP contribution in [0.5, 0.6) is 0 Å². The molecular formula is C14H23BrN2O. The lowest BCUT2D eigenvalue weighted by Gasteiger charge is -2.33. The highest BCUT2D eigenvalue weighted by Crippen LogP contribution is 2.29. The van der Waals surface area contributed by atoms with E-state index in [-0.39, 0.29) is 0 Å². The van der Waals surface area contributed by atoms with Crippen molar-refractivity contribution in [3.05, 3.63) is 22.6 Å². The molecule has 1 aromatic heterocycles. The molecule has 1 atom stereocenters. The number of rotatable bonds is 6. The summed E-state index contributed by atoms with van der Waals surface area (Å²) in [5, 5.41) is 3.41. The summed E-state index contributed by atoms with van der Waals surface area (Å²) in [5.41, 5.74) is 0. The minimum atomic E-state index is 0.449. The monoisotopic (exact) mass is 314 g/mol. The number of nitrogens with one attached hydrogen (secondary N) is 1. The second-order valence-electron chi connectivity index (χ2n) is 4.94. The molecule has 0 spiro atoms. The Balaban J connectivity index is 2.01. The molecule has 1 N–H and O–H groups in total. The number of furan rings is 1. The summed E-state index contributed by atoms with van der Waals surface area (Å²) in [6.45, 7) is 6.67. The fourth-order valence-electron chi connectivity index (χ4n) is 2.59. The third kappa shape index (κ3) is 3.84. The molecule has 2 heterocycles. The van der Waals surface area contributed by atoms with Crippen LogP contribution in [0, 0.1) is 0 Å². The summed E-state index contributed by atoms with van der Waals surface area (Å²) >= 11 is 3.41. The quantitative estimate of drug-likeness (QED) is 0.814. The fraction of sp³-hybridized carbons (Fsp3) is 0.714. The van der Waals surface area contributed by atoms with Gasteiger partial charge in [-0.15, -0.1) is 0 Å². The Kier molecular flexibility index (Phi) is 5.73. The Hall–Kier alpha value is -0.320. The van der Waals surface area contributed by atoms with Gasteiger partial charge in [-0.1, -0.05) is 26.2 Å². The molecule has 1 aliphatic rings. The van der Waals surface area contributed by atoms with Crippen molar-refractivity contribution in [2.45, 2.75) is 38.6 Å². The first-order valence-electron chi connectivity index (χ1n) is 7.01. The van der Waals surface area contributed by atoms with Gasteiger partial charge >= 0.3 is 0 Å². The highest BCUT2D eigenvalue weighted by molar-refractivity contribution is 9.10. The van der Waals surface area contributed by atoms with Gasteiger partial charge in [0.15, 0.2) is 4.67 Å². The van der Waals surface area contributed by atoms with Gasteiger partial charge in [-0.3, -0.25) is 4.90 Å². The van der Waals surface area contributed by atoms with Gasteiger partial charge in [0.2, 0.25) is 0 Å². The van der Waals surface area contributed by atoms with Crippen LogP contribution in [-0.4, -0.2) is 31.1 Å². The Bertz CT molecular complexity index is 347. The molecule has 0 radical (unpaired) electrons. The highest BCUT2D eigenvalue weighted by Gasteiger charge is 2.24. The van der Waals surface area contributed by atoms with E-state index in [9.17, 15) is 0 Å². The molecule has 1 aromatic rings. The zero-order valence-corrected chi connectivity index (χ0v) is 12.7. The van der Waals surface area contributed by atoms with Crippen molar-refractivity contribution in [3.63, 3.8) is 0 Å².